The third-order valence-corrected chi connectivity index (χ3v) is 2.82. The molecule has 0 amide bonds. The van der Waals surface area contributed by atoms with E-state index in [1.165, 1.54) is 12.0 Å². The monoisotopic (exact) mass is 251 g/mol. The molecule has 18 heavy (non-hydrogen) atoms. The van der Waals surface area contributed by atoms with Crippen LogP contribution in [0.1, 0.15) is 32.3 Å². The van der Waals surface area contributed by atoms with Gasteiger partial charge in [-0.15, -0.1) is 0 Å². The number of methoxy groups -OCH3 is 1. The van der Waals surface area contributed by atoms with E-state index in [4.69, 9.17) is 9.47 Å². The van der Waals surface area contributed by atoms with Gasteiger partial charge in [0.05, 0.1) is 13.7 Å². The van der Waals surface area contributed by atoms with Gasteiger partial charge in [-0.3, -0.25) is 0 Å². The average molecular weight is 251 g/mol. The second-order valence-corrected chi connectivity index (χ2v) is 4.89. The zero-order valence-electron chi connectivity index (χ0n) is 12.0. The third-order valence-electron chi connectivity index (χ3n) is 2.82. The Bertz CT molecular complexity index is 350. The fraction of sp³-hybridized carbons (Fsp3) is 0.600. The molecule has 1 rings (SSSR count). The molecule has 0 radical (unpaired) electrons. The van der Waals surface area contributed by atoms with Gasteiger partial charge in [-0.05, 0) is 31.9 Å². The molecular formula is C15H25NO2. The van der Waals surface area contributed by atoms with Crippen LogP contribution in [0.3, 0.4) is 0 Å². The van der Waals surface area contributed by atoms with E-state index in [0.29, 0.717) is 0 Å². The molecule has 0 spiro atoms. The molecule has 0 aromatic heterocycles. The molecule has 1 N–H and O–H groups in total. The van der Waals surface area contributed by atoms with E-state index in [1.54, 1.807) is 7.11 Å². The summed E-state index contributed by atoms with van der Waals surface area (Å²) in [6.07, 6.45) is 2.29. The summed E-state index contributed by atoms with van der Waals surface area (Å²) in [7, 11) is 3.61. The molecule has 3 nitrogen and oxygen atoms in total. The van der Waals surface area contributed by atoms with Gasteiger partial charge in [0.25, 0.3) is 0 Å². The van der Waals surface area contributed by atoms with Crippen LogP contribution >= 0.6 is 0 Å². The van der Waals surface area contributed by atoms with Crippen LogP contribution in [0.4, 0.5) is 0 Å². The highest BCUT2D eigenvalue weighted by Crippen LogP contribution is 2.25. The Labute approximate surface area is 110 Å². The Morgan fingerprint density at radius 3 is 2.67 bits per heavy atom. The highest BCUT2D eigenvalue weighted by atomic mass is 16.5. The summed E-state index contributed by atoms with van der Waals surface area (Å²) in [5, 5.41) is 3.15. The summed E-state index contributed by atoms with van der Waals surface area (Å²) >= 11 is 0. The Hall–Kier alpha value is -1.22. The van der Waals surface area contributed by atoms with Crippen molar-refractivity contribution >= 4 is 0 Å². The average Bonchev–Trinajstić information content (AvgIpc) is 2.36. The van der Waals surface area contributed by atoms with E-state index in [9.17, 15) is 0 Å². The van der Waals surface area contributed by atoms with E-state index in [1.807, 2.05) is 25.2 Å². The second-order valence-electron chi connectivity index (χ2n) is 4.89. The van der Waals surface area contributed by atoms with Gasteiger partial charge >= 0.3 is 0 Å². The molecule has 0 aliphatic carbocycles. The largest absolute Gasteiger partial charge is 0.497 e. The van der Waals surface area contributed by atoms with Gasteiger partial charge in [0.1, 0.15) is 11.5 Å². The van der Waals surface area contributed by atoms with E-state index in [2.05, 4.69) is 19.2 Å². The first-order valence-corrected chi connectivity index (χ1v) is 6.61. The van der Waals surface area contributed by atoms with Crippen molar-refractivity contribution in [2.75, 3.05) is 20.8 Å². The minimum atomic E-state index is 0.732. The van der Waals surface area contributed by atoms with Gasteiger partial charge < -0.3 is 14.8 Å². The fourth-order valence-electron chi connectivity index (χ4n) is 1.81. The van der Waals surface area contributed by atoms with E-state index < -0.39 is 0 Å². The van der Waals surface area contributed by atoms with Gasteiger partial charge in [0, 0.05) is 18.2 Å². The zero-order chi connectivity index (χ0) is 13.4. The van der Waals surface area contributed by atoms with Crippen LogP contribution in [-0.2, 0) is 6.54 Å². The van der Waals surface area contributed by atoms with Crippen molar-refractivity contribution in [1.82, 2.24) is 5.32 Å². The fourth-order valence-corrected chi connectivity index (χ4v) is 1.81. The Morgan fingerprint density at radius 1 is 1.28 bits per heavy atom. The molecule has 0 aliphatic heterocycles. The van der Waals surface area contributed by atoms with Gasteiger partial charge in [0.15, 0.2) is 0 Å². The number of rotatable bonds is 8. The lowest BCUT2D eigenvalue weighted by Crippen LogP contribution is -2.08. The van der Waals surface area contributed by atoms with Crippen molar-refractivity contribution in [3.05, 3.63) is 23.8 Å². The molecule has 102 valence electrons. The standard InChI is InChI=1S/C15H25NO2/c1-12(2)6-5-9-18-15-10-14(17-4)8-7-13(15)11-16-3/h7-8,10,12,16H,5-6,9,11H2,1-4H3. The van der Waals surface area contributed by atoms with Crippen LogP contribution in [0.5, 0.6) is 11.5 Å². The maximum Gasteiger partial charge on any atom is 0.127 e. The quantitative estimate of drug-likeness (QED) is 0.720. The molecule has 0 saturated heterocycles. The SMILES string of the molecule is CNCc1ccc(OC)cc1OCCCC(C)C. The first-order valence-electron chi connectivity index (χ1n) is 6.61. The van der Waals surface area contributed by atoms with E-state index >= 15 is 0 Å². The molecular weight excluding hydrogens is 226 g/mol. The number of ether oxygens (including phenoxy) is 2. The van der Waals surface area contributed by atoms with Crippen LogP contribution in [-0.4, -0.2) is 20.8 Å². The molecule has 0 heterocycles. The van der Waals surface area contributed by atoms with Gasteiger partial charge in [-0.25, -0.2) is 0 Å². The van der Waals surface area contributed by atoms with Crippen molar-refractivity contribution in [2.24, 2.45) is 5.92 Å². The van der Waals surface area contributed by atoms with Crippen LogP contribution in [0.2, 0.25) is 0 Å². The normalized spacial score (nSPS) is 10.7. The second kappa shape index (κ2) is 7.98. The molecule has 0 saturated carbocycles. The van der Waals surface area contributed by atoms with E-state index in [0.717, 1.165) is 37.0 Å². The number of hydrogen-bond donors (Lipinski definition) is 1. The van der Waals surface area contributed by atoms with Gasteiger partial charge in [-0.2, -0.15) is 0 Å². The summed E-state index contributed by atoms with van der Waals surface area (Å²) in [4.78, 5) is 0. The topological polar surface area (TPSA) is 30.5 Å². The minimum absolute atomic E-state index is 0.732. The van der Waals surface area contributed by atoms with Crippen LogP contribution in [0, 0.1) is 5.92 Å². The van der Waals surface area contributed by atoms with Crippen molar-refractivity contribution in [1.29, 1.82) is 0 Å². The lowest BCUT2D eigenvalue weighted by atomic mass is 10.1. The summed E-state index contributed by atoms with van der Waals surface area (Å²) in [6, 6.07) is 5.98. The third kappa shape index (κ3) is 4.96. The zero-order valence-corrected chi connectivity index (χ0v) is 12.0. The van der Waals surface area contributed by atoms with Crippen LogP contribution in [0.25, 0.3) is 0 Å². The molecule has 1 aromatic rings. The highest BCUT2D eigenvalue weighted by molar-refractivity contribution is 5.40. The van der Waals surface area contributed by atoms with Gasteiger partial charge in [-0.1, -0.05) is 19.9 Å². The van der Waals surface area contributed by atoms with Crippen molar-refractivity contribution in [3.8, 4) is 11.5 Å². The molecule has 0 atom stereocenters. The summed E-state index contributed by atoms with van der Waals surface area (Å²) in [5.74, 6) is 2.50. The summed E-state index contributed by atoms with van der Waals surface area (Å²) < 4.78 is 11.1. The maximum atomic E-state index is 5.86. The smallest absolute Gasteiger partial charge is 0.127 e. The minimum Gasteiger partial charge on any atom is -0.497 e. The lowest BCUT2D eigenvalue weighted by molar-refractivity contribution is 0.292. The first kappa shape index (κ1) is 14.8. The maximum absolute atomic E-state index is 5.86. The molecule has 0 fully saturated rings. The first-order chi connectivity index (χ1) is 8.67. The summed E-state index contributed by atoms with van der Waals surface area (Å²) in [6.45, 7) is 6.04. The predicted molar refractivity (Wildman–Crippen MR) is 75.3 cm³/mol. The molecule has 0 bridgehead atoms. The van der Waals surface area contributed by atoms with Crippen LogP contribution < -0.4 is 14.8 Å². The van der Waals surface area contributed by atoms with Crippen molar-refractivity contribution < 1.29 is 9.47 Å². The van der Waals surface area contributed by atoms with Gasteiger partial charge in [0.2, 0.25) is 0 Å². The Morgan fingerprint density at radius 2 is 2.06 bits per heavy atom. The molecule has 3 heteroatoms. The highest BCUT2D eigenvalue weighted by Gasteiger charge is 2.05. The number of hydrogen-bond acceptors (Lipinski definition) is 3. The van der Waals surface area contributed by atoms with Crippen molar-refractivity contribution in [3.63, 3.8) is 0 Å². The Kier molecular flexibility index (Phi) is 6.58. The van der Waals surface area contributed by atoms with Crippen LogP contribution in [0.15, 0.2) is 18.2 Å². The molecule has 1 aromatic carbocycles. The van der Waals surface area contributed by atoms with Crippen molar-refractivity contribution in [2.45, 2.75) is 33.2 Å². The molecule has 0 aliphatic rings. The Balaban J connectivity index is 2.59. The predicted octanol–water partition coefficient (Wildman–Crippen LogP) is 3.23. The number of benzene rings is 1. The number of nitrogens with one attached hydrogen (secondary N) is 1. The van der Waals surface area contributed by atoms with E-state index in [-0.39, 0.29) is 0 Å². The lowest BCUT2D eigenvalue weighted by Gasteiger charge is -2.13. The summed E-state index contributed by atoms with van der Waals surface area (Å²) in [5.41, 5.74) is 1.17. The molecule has 0 unspecified atom stereocenters.